The fraction of sp³-hybridized carbons (Fsp3) is 0.250. The van der Waals surface area contributed by atoms with Crippen molar-refractivity contribution in [2.24, 2.45) is 0 Å². The Bertz CT molecular complexity index is 696. The van der Waals surface area contributed by atoms with E-state index >= 15 is 0 Å². The molecule has 6 nitrogen and oxygen atoms in total. The van der Waals surface area contributed by atoms with Gasteiger partial charge in [-0.1, -0.05) is 6.07 Å². The van der Waals surface area contributed by atoms with Crippen molar-refractivity contribution in [1.82, 2.24) is 9.97 Å². The van der Waals surface area contributed by atoms with Gasteiger partial charge in [0.15, 0.2) is 0 Å². The lowest BCUT2D eigenvalue weighted by atomic mass is 10.2. The van der Waals surface area contributed by atoms with E-state index in [1.54, 1.807) is 26.1 Å². The van der Waals surface area contributed by atoms with Crippen molar-refractivity contribution in [3.63, 3.8) is 0 Å². The highest BCUT2D eigenvalue weighted by Crippen LogP contribution is 2.11. The lowest BCUT2D eigenvalue weighted by Gasteiger charge is -2.08. The first kappa shape index (κ1) is 15.6. The molecular formula is C16H17N3O3. The number of hydrogen-bond donors (Lipinski definition) is 1. The van der Waals surface area contributed by atoms with Gasteiger partial charge >= 0.3 is 5.97 Å². The number of carbonyl (C=O) groups excluding carboxylic acids is 2. The van der Waals surface area contributed by atoms with Crippen molar-refractivity contribution < 1.29 is 14.3 Å². The van der Waals surface area contributed by atoms with Gasteiger partial charge in [0.1, 0.15) is 11.5 Å². The average molecular weight is 299 g/mol. The molecule has 2 aromatic heterocycles. The van der Waals surface area contributed by atoms with Gasteiger partial charge in [-0.3, -0.25) is 4.79 Å². The number of amides is 1. The molecule has 0 fully saturated rings. The first-order valence-electron chi connectivity index (χ1n) is 6.90. The second-order valence-electron chi connectivity index (χ2n) is 4.72. The minimum Gasteiger partial charge on any atom is -0.462 e. The molecule has 1 N–H and O–H groups in total. The molecule has 2 heterocycles. The SMILES string of the molecule is CCOC(=O)c1ccc(C(=O)Nc2ccc(C)cn2)nc1C. The highest BCUT2D eigenvalue weighted by atomic mass is 16.5. The summed E-state index contributed by atoms with van der Waals surface area (Å²) in [7, 11) is 0. The summed E-state index contributed by atoms with van der Waals surface area (Å²) in [4.78, 5) is 32.1. The van der Waals surface area contributed by atoms with Gasteiger partial charge in [0, 0.05) is 6.20 Å². The van der Waals surface area contributed by atoms with Crippen molar-refractivity contribution in [2.45, 2.75) is 20.8 Å². The first-order chi connectivity index (χ1) is 10.5. The summed E-state index contributed by atoms with van der Waals surface area (Å²) in [5, 5.41) is 2.66. The van der Waals surface area contributed by atoms with E-state index in [1.165, 1.54) is 12.1 Å². The number of aryl methyl sites for hydroxylation is 2. The highest BCUT2D eigenvalue weighted by molar-refractivity contribution is 6.03. The molecule has 114 valence electrons. The summed E-state index contributed by atoms with van der Waals surface area (Å²) in [6, 6.07) is 6.60. The zero-order chi connectivity index (χ0) is 16.1. The Morgan fingerprint density at radius 2 is 1.95 bits per heavy atom. The van der Waals surface area contributed by atoms with E-state index in [1.807, 2.05) is 13.0 Å². The van der Waals surface area contributed by atoms with Crippen LogP contribution in [0.5, 0.6) is 0 Å². The third kappa shape index (κ3) is 3.66. The van der Waals surface area contributed by atoms with Gasteiger partial charge in [0.25, 0.3) is 5.91 Å². The van der Waals surface area contributed by atoms with Crippen molar-refractivity contribution in [3.8, 4) is 0 Å². The number of rotatable bonds is 4. The fourth-order valence-electron chi connectivity index (χ4n) is 1.83. The molecule has 0 spiro atoms. The van der Waals surface area contributed by atoms with Crippen molar-refractivity contribution in [3.05, 3.63) is 53.0 Å². The van der Waals surface area contributed by atoms with E-state index in [0.717, 1.165) is 5.56 Å². The molecule has 0 aliphatic heterocycles. The number of ether oxygens (including phenoxy) is 1. The Balaban J connectivity index is 2.15. The highest BCUT2D eigenvalue weighted by Gasteiger charge is 2.15. The maximum Gasteiger partial charge on any atom is 0.339 e. The molecule has 2 aromatic rings. The van der Waals surface area contributed by atoms with E-state index in [4.69, 9.17) is 4.74 Å². The van der Waals surface area contributed by atoms with Crippen LogP contribution in [-0.2, 0) is 4.74 Å². The molecular weight excluding hydrogens is 282 g/mol. The van der Waals surface area contributed by atoms with Gasteiger partial charge in [-0.2, -0.15) is 0 Å². The topological polar surface area (TPSA) is 81.2 Å². The molecule has 6 heteroatoms. The zero-order valence-corrected chi connectivity index (χ0v) is 12.7. The average Bonchev–Trinajstić information content (AvgIpc) is 2.49. The zero-order valence-electron chi connectivity index (χ0n) is 12.7. The lowest BCUT2D eigenvalue weighted by molar-refractivity contribution is 0.0524. The van der Waals surface area contributed by atoms with Crippen LogP contribution in [0.25, 0.3) is 0 Å². The maximum atomic E-state index is 12.1. The summed E-state index contributed by atoms with van der Waals surface area (Å²) in [5.41, 5.74) is 2.02. The van der Waals surface area contributed by atoms with Gasteiger partial charge in [-0.25, -0.2) is 14.8 Å². The molecule has 0 bridgehead atoms. The summed E-state index contributed by atoms with van der Waals surface area (Å²) in [6.07, 6.45) is 1.66. The molecule has 0 aliphatic carbocycles. The van der Waals surface area contributed by atoms with Crippen LogP contribution < -0.4 is 5.32 Å². The molecule has 0 aliphatic rings. The number of hydrogen-bond acceptors (Lipinski definition) is 5. The number of pyridine rings is 2. The number of carbonyl (C=O) groups is 2. The summed E-state index contributed by atoms with van der Waals surface area (Å²) < 4.78 is 4.93. The van der Waals surface area contributed by atoms with Crippen LogP contribution in [0.3, 0.4) is 0 Å². The molecule has 0 radical (unpaired) electrons. The Kier molecular flexibility index (Phi) is 4.83. The van der Waals surface area contributed by atoms with E-state index in [9.17, 15) is 9.59 Å². The Labute approximate surface area is 128 Å². The lowest BCUT2D eigenvalue weighted by Crippen LogP contribution is -2.16. The van der Waals surface area contributed by atoms with Crippen LogP contribution in [0.2, 0.25) is 0 Å². The van der Waals surface area contributed by atoms with Crippen LogP contribution in [-0.4, -0.2) is 28.5 Å². The minimum atomic E-state index is -0.445. The summed E-state index contributed by atoms with van der Waals surface area (Å²) in [5.74, 6) is -0.376. The van der Waals surface area contributed by atoms with Gasteiger partial charge < -0.3 is 10.1 Å². The Morgan fingerprint density at radius 1 is 1.18 bits per heavy atom. The van der Waals surface area contributed by atoms with Crippen LogP contribution in [0.1, 0.15) is 39.0 Å². The summed E-state index contributed by atoms with van der Waals surface area (Å²) in [6.45, 7) is 5.60. The van der Waals surface area contributed by atoms with Crippen LogP contribution >= 0.6 is 0 Å². The number of aromatic nitrogens is 2. The molecule has 0 saturated heterocycles. The number of esters is 1. The molecule has 0 saturated carbocycles. The van der Waals surface area contributed by atoms with Crippen molar-refractivity contribution >= 4 is 17.7 Å². The standard InChI is InChI=1S/C16H17N3O3/c1-4-22-16(21)12-6-7-13(18-11(12)3)15(20)19-14-8-5-10(2)9-17-14/h5-9H,4H2,1-3H3,(H,17,19,20). The number of nitrogens with one attached hydrogen (secondary N) is 1. The predicted octanol–water partition coefficient (Wildman–Crippen LogP) is 2.52. The van der Waals surface area contributed by atoms with Gasteiger partial charge in [0.05, 0.1) is 17.9 Å². The van der Waals surface area contributed by atoms with Gasteiger partial charge in [-0.15, -0.1) is 0 Å². The van der Waals surface area contributed by atoms with Crippen molar-refractivity contribution in [2.75, 3.05) is 11.9 Å². The van der Waals surface area contributed by atoms with E-state index in [0.29, 0.717) is 23.7 Å². The fourth-order valence-corrected chi connectivity index (χ4v) is 1.83. The van der Waals surface area contributed by atoms with E-state index in [2.05, 4.69) is 15.3 Å². The number of anilines is 1. The second-order valence-corrected chi connectivity index (χ2v) is 4.72. The van der Waals surface area contributed by atoms with E-state index < -0.39 is 5.97 Å². The van der Waals surface area contributed by atoms with Gasteiger partial charge in [0.2, 0.25) is 0 Å². The van der Waals surface area contributed by atoms with Gasteiger partial charge in [-0.05, 0) is 44.5 Å². The third-order valence-electron chi connectivity index (χ3n) is 2.97. The summed E-state index contributed by atoms with van der Waals surface area (Å²) >= 11 is 0. The van der Waals surface area contributed by atoms with Crippen molar-refractivity contribution in [1.29, 1.82) is 0 Å². The molecule has 22 heavy (non-hydrogen) atoms. The van der Waals surface area contributed by atoms with E-state index in [-0.39, 0.29) is 11.6 Å². The van der Waals surface area contributed by atoms with Crippen LogP contribution in [0.15, 0.2) is 30.5 Å². The molecule has 1 amide bonds. The molecule has 0 unspecified atom stereocenters. The first-order valence-corrected chi connectivity index (χ1v) is 6.90. The molecule has 2 rings (SSSR count). The largest absolute Gasteiger partial charge is 0.462 e. The smallest absolute Gasteiger partial charge is 0.339 e. The molecule has 0 aromatic carbocycles. The maximum absolute atomic E-state index is 12.1. The minimum absolute atomic E-state index is 0.216. The predicted molar refractivity (Wildman–Crippen MR) is 81.9 cm³/mol. The number of nitrogens with zero attached hydrogens (tertiary/aromatic N) is 2. The normalized spacial score (nSPS) is 10.1. The Morgan fingerprint density at radius 3 is 2.55 bits per heavy atom. The quantitative estimate of drug-likeness (QED) is 0.877. The molecule has 0 atom stereocenters. The monoisotopic (exact) mass is 299 g/mol. The second kappa shape index (κ2) is 6.80. The van der Waals surface area contributed by atoms with Crippen LogP contribution in [0.4, 0.5) is 5.82 Å². The van der Waals surface area contributed by atoms with Crippen LogP contribution in [0, 0.1) is 13.8 Å². The third-order valence-corrected chi connectivity index (χ3v) is 2.97. The Hall–Kier alpha value is -2.76.